The van der Waals surface area contributed by atoms with Crippen LogP contribution in [0.2, 0.25) is 18.1 Å². The maximum absolute atomic E-state index is 9.36. The molecule has 0 heterocycles. The maximum atomic E-state index is 9.36. The minimum absolute atomic E-state index is 0.143. The van der Waals surface area contributed by atoms with Crippen LogP contribution in [0.4, 0.5) is 5.69 Å². The van der Waals surface area contributed by atoms with Gasteiger partial charge in [-0.1, -0.05) is 45.9 Å². The maximum Gasteiger partial charge on any atom is 0.229 e. The third kappa shape index (κ3) is 3.91. The van der Waals surface area contributed by atoms with E-state index in [1.54, 1.807) is 0 Å². The fourth-order valence-electron chi connectivity index (χ4n) is 2.27. The van der Waals surface area contributed by atoms with Crippen LogP contribution in [0.1, 0.15) is 52.5 Å². The van der Waals surface area contributed by atoms with E-state index in [9.17, 15) is 5.26 Å². The van der Waals surface area contributed by atoms with Crippen molar-refractivity contribution in [3.63, 3.8) is 0 Å². The summed E-state index contributed by atoms with van der Waals surface area (Å²) in [5.41, 5.74) is 1.91. The largest absolute Gasteiger partial charge is 0.315 e. The Morgan fingerprint density at radius 3 is 2.25 bits per heavy atom. The zero-order valence-electron chi connectivity index (χ0n) is 15.9. The quantitative estimate of drug-likeness (QED) is 0.476. The van der Waals surface area contributed by atoms with Crippen LogP contribution in [-0.2, 0) is 9.94 Å². The van der Waals surface area contributed by atoms with Crippen LogP contribution in [0.3, 0.4) is 0 Å². The minimum Gasteiger partial charge on any atom is -0.315 e. The zero-order valence-corrected chi connectivity index (χ0v) is 16.9. The fourth-order valence-corrected chi connectivity index (χ4v) is 3.20. The second-order valence-corrected chi connectivity index (χ2v) is 12.9. The molecule has 0 bridgehead atoms. The third-order valence-electron chi connectivity index (χ3n) is 5.25. The van der Waals surface area contributed by atoms with E-state index in [1.807, 2.05) is 11.3 Å². The number of nitriles is 1. The molecule has 1 aromatic rings. The van der Waals surface area contributed by atoms with E-state index in [4.69, 9.17) is 4.53 Å². The predicted molar refractivity (Wildman–Crippen MR) is 103 cm³/mol. The number of anilines is 1. The lowest BCUT2D eigenvalue weighted by molar-refractivity contribution is 0.288. The Morgan fingerprint density at radius 1 is 1.25 bits per heavy atom. The van der Waals surface area contributed by atoms with E-state index in [0.29, 0.717) is 0 Å². The molecule has 1 aliphatic rings. The van der Waals surface area contributed by atoms with E-state index in [0.717, 1.165) is 30.5 Å². The zero-order chi connectivity index (χ0) is 18.0. The molecule has 0 atom stereocenters. The molecule has 2 rings (SSSR count). The fraction of sp³-hybridized carbons (Fsp3) is 0.550. The van der Waals surface area contributed by atoms with Gasteiger partial charge in [0.25, 0.3) is 0 Å². The summed E-state index contributed by atoms with van der Waals surface area (Å²) < 4.78 is 6.48. The first-order chi connectivity index (χ1) is 11.1. The topological polar surface area (TPSA) is 36.3 Å². The number of rotatable bonds is 6. The molecule has 0 spiro atoms. The normalized spacial score (nSPS) is 16.9. The van der Waals surface area contributed by atoms with E-state index in [-0.39, 0.29) is 10.5 Å². The van der Waals surface area contributed by atoms with E-state index < -0.39 is 8.32 Å². The van der Waals surface area contributed by atoms with Gasteiger partial charge >= 0.3 is 0 Å². The van der Waals surface area contributed by atoms with Crippen molar-refractivity contribution in [1.82, 2.24) is 0 Å². The molecule has 0 radical (unpaired) electrons. The number of nitrogens with zero attached hydrogens (tertiary/aromatic N) is 2. The number of benzene rings is 1. The van der Waals surface area contributed by atoms with Crippen molar-refractivity contribution in [2.45, 2.75) is 70.5 Å². The average Bonchev–Trinajstić information content (AvgIpc) is 3.31. The molecule has 0 aromatic heterocycles. The van der Waals surface area contributed by atoms with Gasteiger partial charge in [0.05, 0.1) is 17.2 Å². The van der Waals surface area contributed by atoms with Crippen LogP contribution in [0.15, 0.2) is 36.5 Å². The monoisotopic (exact) mass is 342 g/mol. The summed E-state index contributed by atoms with van der Waals surface area (Å²) in [6.07, 6.45) is 7.05. The Balaban J connectivity index is 2.25. The van der Waals surface area contributed by atoms with E-state index in [2.05, 4.69) is 77.2 Å². The standard InChI is InChI=1S/C20H30N2OSi/c1-7-8-15-22(23-24(5,6)19(2,3)4)18-11-9-17(10-12-18)20(16-21)13-14-20/h8-12,15H,7,13-14H2,1-6H3/b15-8+. The molecule has 0 unspecified atom stereocenters. The average molecular weight is 343 g/mol. The SMILES string of the molecule is CC/C=C/N(O[Si](C)(C)C(C)(C)C)c1ccc(C2(C#N)CC2)cc1. The van der Waals surface area contributed by atoms with Crippen LogP contribution in [0.25, 0.3) is 0 Å². The van der Waals surface area contributed by atoms with Crippen molar-refractivity contribution >= 4 is 14.0 Å². The van der Waals surface area contributed by atoms with Gasteiger partial charge in [0.2, 0.25) is 8.32 Å². The first-order valence-electron chi connectivity index (χ1n) is 8.82. The van der Waals surface area contributed by atoms with Gasteiger partial charge in [0.15, 0.2) is 0 Å². The van der Waals surface area contributed by atoms with Crippen LogP contribution in [-0.4, -0.2) is 8.32 Å². The summed E-state index contributed by atoms with van der Waals surface area (Å²) >= 11 is 0. The Labute approximate surface area is 148 Å². The Hall–Kier alpha value is -1.57. The highest BCUT2D eigenvalue weighted by atomic mass is 28.4. The van der Waals surface area contributed by atoms with Gasteiger partial charge in [-0.15, -0.1) is 0 Å². The van der Waals surface area contributed by atoms with E-state index in [1.165, 1.54) is 0 Å². The lowest BCUT2D eigenvalue weighted by Crippen LogP contribution is -2.45. The Bertz CT molecular complexity index is 631. The highest BCUT2D eigenvalue weighted by molar-refractivity contribution is 6.74. The summed E-state index contributed by atoms with van der Waals surface area (Å²) in [5, 5.41) is 11.4. The van der Waals surface area contributed by atoms with Crippen LogP contribution in [0.5, 0.6) is 0 Å². The number of hydrogen-bond donors (Lipinski definition) is 0. The second-order valence-electron chi connectivity index (χ2n) is 8.21. The molecule has 1 fully saturated rings. The first-order valence-corrected chi connectivity index (χ1v) is 11.7. The molecule has 3 nitrogen and oxygen atoms in total. The van der Waals surface area contributed by atoms with Crippen molar-refractivity contribution < 1.29 is 4.53 Å². The molecule has 1 aliphatic carbocycles. The summed E-state index contributed by atoms with van der Waals surface area (Å²) in [6.45, 7) is 13.4. The lowest BCUT2D eigenvalue weighted by atomic mass is 9.98. The summed E-state index contributed by atoms with van der Waals surface area (Å²) in [6, 6.07) is 10.7. The molecule has 0 saturated heterocycles. The molecule has 24 heavy (non-hydrogen) atoms. The van der Waals surface area contributed by atoms with Crippen molar-refractivity contribution in [2.24, 2.45) is 0 Å². The van der Waals surface area contributed by atoms with Gasteiger partial charge in [0, 0.05) is 6.20 Å². The summed E-state index contributed by atoms with van der Waals surface area (Å²) in [5.74, 6) is 0. The number of hydroxylamine groups is 1. The molecule has 1 saturated carbocycles. The predicted octanol–water partition coefficient (Wildman–Crippen LogP) is 5.91. The van der Waals surface area contributed by atoms with Gasteiger partial charge in [-0.2, -0.15) is 5.26 Å². The highest BCUT2D eigenvalue weighted by Crippen LogP contribution is 2.47. The van der Waals surface area contributed by atoms with Gasteiger partial charge in [-0.05, 0) is 55.1 Å². The van der Waals surface area contributed by atoms with Gasteiger partial charge in [0.1, 0.15) is 0 Å². The van der Waals surface area contributed by atoms with Gasteiger partial charge < -0.3 is 4.53 Å². The van der Waals surface area contributed by atoms with Gasteiger partial charge in [-0.25, -0.2) is 5.06 Å². The van der Waals surface area contributed by atoms with E-state index >= 15 is 0 Å². The van der Waals surface area contributed by atoms with Crippen LogP contribution < -0.4 is 5.06 Å². The Morgan fingerprint density at radius 2 is 1.83 bits per heavy atom. The smallest absolute Gasteiger partial charge is 0.229 e. The second kappa shape index (κ2) is 6.74. The van der Waals surface area contributed by atoms with Gasteiger partial charge in [-0.3, -0.25) is 0 Å². The molecule has 130 valence electrons. The lowest BCUT2D eigenvalue weighted by Gasteiger charge is -2.39. The third-order valence-corrected chi connectivity index (χ3v) is 9.51. The van der Waals surface area contributed by atoms with Crippen LogP contribution in [0, 0.1) is 11.3 Å². The molecular weight excluding hydrogens is 312 g/mol. The highest BCUT2D eigenvalue weighted by Gasteiger charge is 2.45. The first kappa shape index (κ1) is 18.8. The van der Waals surface area contributed by atoms with Crippen molar-refractivity contribution in [3.05, 3.63) is 42.1 Å². The summed E-state index contributed by atoms with van der Waals surface area (Å²) in [7, 11) is -1.92. The molecule has 0 N–H and O–H groups in total. The Kier molecular flexibility index (Phi) is 5.27. The van der Waals surface area contributed by atoms with Crippen molar-refractivity contribution in [1.29, 1.82) is 5.26 Å². The number of allylic oxidation sites excluding steroid dienone is 1. The number of hydrogen-bond acceptors (Lipinski definition) is 3. The molecule has 0 aliphatic heterocycles. The molecular formula is C20H30N2OSi. The van der Waals surface area contributed by atoms with Crippen molar-refractivity contribution in [3.8, 4) is 6.07 Å². The van der Waals surface area contributed by atoms with Crippen LogP contribution >= 0.6 is 0 Å². The van der Waals surface area contributed by atoms with Crippen molar-refractivity contribution in [2.75, 3.05) is 5.06 Å². The minimum atomic E-state index is -1.92. The molecule has 1 aromatic carbocycles. The molecule has 0 amide bonds. The summed E-state index contributed by atoms with van der Waals surface area (Å²) in [4.78, 5) is 0. The molecule has 4 heteroatoms.